The number of hydrogen-bond donors (Lipinski definition) is 1. The van der Waals surface area contributed by atoms with E-state index in [9.17, 15) is 4.79 Å². The number of rotatable bonds is 3. The lowest BCUT2D eigenvalue weighted by Crippen LogP contribution is -2.43. The minimum Gasteiger partial charge on any atom is -0.486 e. The molecular formula is C14H16N4O3S. The fraction of sp³-hybridized carbons (Fsp3) is 0.357. The van der Waals surface area contributed by atoms with Gasteiger partial charge in [-0.2, -0.15) is 0 Å². The summed E-state index contributed by atoms with van der Waals surface area (Å²) in [5.41, 5.74) is 0. The van der Waals surface area contributed by atoms with Crippen molar-refractivity contribution in [1.29, 1.82) is 0 Å². The molecule has 3 rings (SSSR count). The van der Waals surface area contributed by atoms with Crippen LogP contribution in [-0.4, -0.2) is 47.4 Å². The third kappa shape index (κ3) is 3.28. The normalized spacial score (nSPS) is 16.2. The van der Waals surface area contributed by atoms with Gasteiger partial charge in [0.15, 0.2) is 17.6 Å². The van der Waals surface area contributed by atoms with E-state index in [0.717, 1.165) is 10.8 Å². The average molecular weight is 320 g/mol. The Morgan fingerprint density at radius 2 is 2.18 bits per heavy atom. The smallest absolute Gasteiger partial charge is 0.323 e. The molecule has 116 valence electrons. The highest BCUT2D eigenvalue weighted by molar-refractivity contribution is 7.15. The number of urea groups is 1. The summed E-state index contributed by atoms with van der Waals surface area (Å²) in [5.74, 6) is 1.43. The molecule has 1 aromatic carbocycles. The first kappa shape index (κ1) is 14.6. The number of aromatic nitrogens is 2. The summed E-state index contributed by atoms with van der Waals surface area (Å²) in [7, 11) is 1.70. The van der Waals surface area contributed by atoms with Crippen molar-refractivity contribution in [3.8, 4) is 11.5 Å². The van der Waals surface area contributed by atoms with Gasteiger partial charge in [-0.25, -0.2) is 4.79 Å². The van der Waals surface area contributed by atoms with Crippen LogP contribution in [0.25, 0.3) is 0 Å². The Hall–Kier alpha value is -2.35. The predicted octanol–water partition coefficient (Wildman–Crippen LogP) is 2.15. The van der Waals surface area contributed by atoms with Crippen LogP contribution in [0.2, 0.25) is 0 Å². The van der Waals surface area contributed by atoms with Crippen LogP contribution in [0.15, 0.2) is 24.3 Å². The van der Waals surface area contributed by atoms with Crippen LogP contribution in [0.3, 0.4) is 0 Å². The van der Waals surface area contributed by atoms with E-state index < -0.39 is 0 Å². The highest BCUT2D eigenvalue weighted by atomic mass is 32.1. The van der Waals surface area contributed by atoms with Gasteiger partial charge in [-0.15, -0.1) is 10.2 Å². The van der Waals surface area contributed by atoms with Gasteiger partial charge in [0.2, 0.25) is 5.13 Å². The van der Waals surface area contributed by atoms with Crippen LogP contribution in [0, 0.1) is 6.92 Å². The van der Waals surface area contributed by atoms with Crippen molar-refractivity contribution in [3.63, 3.8) is 0 Å². The summed E-state index contributed by atoms with van der Waals surface area (Å²) in [5, 5.41) is 11.7. The van der Waals surface area contributed by atoms with Gasteiger partial charge in [0.25, 0.3) is 0 Å². The number of likely N-dealkylation sites (N-methyl/N-ethyl adjacent to an activating group) is 1. The maximum atomic E-state index is 12.1. The molecule has 1 N–H and O–H groups in total. The number of ether oxygens (including phenoxy) is 2. The van der Waals surface area contributed by atoms with Gasteiger partial charge in [-0.05, 0) is 19.1 Å². The van der Waals surface area contributed by atoms with E-state index in [1.54, 1.807) is 11.9 Å². The molecule has 0 aliphatic carbocycles. The molecule has 22 heavy (non-hydrogen) atoms. The molecule has 7 nitrogen and oxygen atoms in total. The number of nitrogens with one attached hydrogen (secondary N) is 1. The van der Waals surface area contributed by atoms with E-state index >= 15 is 0 Å². The molecule has 0 saturated carbocycles. The molecule has 1 aliphatic rings. The minimum absolute atomic E-state index is 0.207. The van der Waals surface area contributed by atoms with Crippen molar-refractivity contribution in [2.24, 2.45) is 0 Å². The van der Waals surface area contributed by atoms with E-state index in [1.807, 2.05) is 31.2 Å². The lowest BCUT2D eigenvalue weighted by molar-refractivity contribution is 0.0731. The van der Waals surface area contributed by atoms with Crippen LogP contribution >= 0.6 is 11.3 Å². The zero-order chi connectivity index (χ0) is 15.5. The second-order valence-corrected chi connectivity index (χ2v) is 6.12. The number of carbonyl (C=O) groups is 1. The molecule has 1 atom stereocenters. The van der Waals surface area contributed by atoms with Crippen molar-refractivity contribution >= 4 is 22.5 Å². The molecule has 2 heterocycles. The van der Waals surface area contributed by atoms with E-state index in [-0.39, 0.29) is 12.1 Å². The number of fused-ring (bicyclic) bond motifs is 1. The second-order valence-electron chi connectivity index (χ2n) is 4.93. The first-order chi connectivity index (χ1) is 10.6. The largest absolute Gasteiger partial charge is 0.486 e. The molecule has 0 spiro atoms. The third-order valence-corrected chi connectivity index (χ3v) is 3.89. The van der Waals surface area contributed by atoms with Gasteiger partial charge >= 0.3 is 6.03 Å². The topological polar surface area (TPSA) is 76.6 Å². The molecular weight excluding hydrogens is 304 g/mol. The molecule has 0 unspecified atom stereocenters. The van der Waals surface area contributed by atoms with Gasteiger partial charge in [0.05, 0.1) is 6.54 Å². The van der Waals surface area contributed by atoms with Crippen molar-refractivity contribution in [3.05, 3.63) is 29.3 Å². The highest BCUT2D eigenvalue weighted by Crippen LogP contribution is 2.30. The Labute approximate surface area is 131 Å². The van der Waals surface area contributed by atoms with E-state index in [1.165, 1.54) is 11.3 Å². The third-order valence-electron chi connectivity index (χ3n) is 3.13. The predicted molar refractivity (Wildman–Crippen MR) is 82.6 cm³/mol. The Balaban J connectivity index is 1.56. The van der Waals surface area contributed by atoms with Crippen molar-refractivity contribution in [2.45, 2.75) is 13.0 Å². The highest BCUT2D eigenvalue weighted by Gasteiger charge is 2.24. The zero-order valence-electron chi connectivity index (χ0n) is 12.3. The van der Waals surface area contributed by atoms with E-state index in [4.69, 9.17) is 9.47 Å². The molecule has 0 saturated heterocycles. The number of hydrogen-bond acceptors (Lipinski definition) is 6. The van der Waals surface area contributed by atoms with Gasteiger partial charge in [0.1, 0.15) is 11.6 Å². The first-order valence-corrected chi connectivity index (χ1v) is 7.64. The Morgan fingerprint density at radius 1 is 1.41 bits per heavy atom. The molecule has 1 aliphatic heterocycles. The average Bonchev–Trinajstić information content (AvgIpc) is 2.92. The fourth-order valence-corrected chi connectivity index (χ4v) is 2.66. The molecule has 2 aromatic rings. The number of nitrogens with zero attached hydrogens (tertiary/aromatic N) is 3. The second kappa shape index (κ2) is 6.18. The first-order valence-electron chi connectivity index (χ1n) is 6.82. The molecule has 8 heteroatoms. The quantitative estimate of drug-likeness (QED) is 0.938. The van der Waals surface area contributed by atoms with Crippen LogP contribution in [0.1, 0.15) is 5.01 Å². The number of para-hydroxylation sites is 2. The van der Waals surface area contributed by atoms with E-state index in [0.29, 0.717) is 24.0 Å². The maximum Gasteiger partial charge on any atom is 0.323 e. The molecule has 1 aromatic heterocycles. The van der Waals surface area contributed by atoms with Crippen LogP contribution in [-0.2, 0) is 0 Å². The lowest BCUT2D eigenvalue weighted by atomic mass is 10.2. The molecule has 0 bridgehead atoms. The maximum absolute atomic E-state index is 12.1. The van der Waals surface area contributed by atoms with Crippen molar-refractivity contribution < 1.29 is 14.3 Å². The van der Waals surface area contributed by atoms with Gasteiger partial charge < -0.3 is 14.4 Å². The summed E-state index contributed by atoms with van der Waals surface area (Å²) in [6.07, 6.45) is -0.207. The minimum atomic E-state index is -0.251. The standard InChI is InChI=1S/C14H16N4O3S/c1-9-16-17-13(22-9)15-14(19)18(2)7-10-8-20-11-5-3-4-6-12(11)21-10/h3-6,10H,7-8H2,1-2H3,(H,15,17,19)/t10-/m0/s1. The van der Waals surface area contributed by atoms with Crippen LogP contribution < -0.4 is 14.8 Å². The zero-order valence-corrected chi connectivity index (χ0v) is 13.1. The lowest BCUT2D eigenvalue weighted by Gasteiger charge is -2.29. The van der Waals surface area contributed by atoms with Crippen molar-refractivity contribution in [1.82, 2.24) is 15.1 Å². The Bertz CT molecular complexity index is 676. The Kier molecular flexibility index (Phi) is 4.10. The van der Waals surface area contributed by atoms with Gasteiger partial charge in [-0.1, -0.05) is 23.5 Å². The van der Waals surface area contributed by atoms with Crippen LogP contribution in [0.4, 0.5) is 9.93 Å². The number of benzene rings is 1. The molecule has 0 radical (unpaired) electrons. The number of amides is 2. The fourth-order valence-electron chi connectivity index (χ4n) is 2.08. The summed E-state index contributed by atoms with van der Waals surface area (Å²) in [6, 6.07) is 7.25. The number of carbonyl (C=O) groups excluding carboxylic acids is 1. The Morgan fingerprint density at radius 3 is 2.91 bits per heavy atom. The van der Waals surface area contributed by atoms with E-state index in [2.05, 4.69) is 15.5 Å². The summed E-state index contributed by atoms with van der Waals surface area (Å²) in [4.78, 5) is 13.6. The molecule has 2 amide bonds. The van der Waals surface area contributed by atoms with Crippen LogP contribution in [0.5, 0.6) is 11.5 Å². The summed E-state index contributed by atoms with van der Waals surface area (Å²) < 4.78 is 11.5. The molecule has 0 fully saturated rings. The summed E-state index contributed by atoms with van der Waals surface area (Å²) >= 11 is 1.33. The SMILES string of the molecule is Cc1nnc(NC(=O)N(C)C[C@H]2COc3ccccc3O2)s1. The number of aryl methyl sites for hydroxylation is 1. The van der Waals surface area contributed by atoms with Gasteiger partial charge in [0, 0.05) is 7.05 Å². The van der Waals surface area contributed by atoms with Crippen molar-refractivity contribution in [2.75, 3.05) is 25.5 Å². The monoisotopic (exact) mass is 320 g/mol. The number of anilines is 1. The summed E-state index contributed by atoms with van der Waals surface area (Å²) in [6.45, 7) is 2.66. The van der Waals surface area contributed by atoms with Gasteiger partial charge in [-0.3, -0.25) is 5.32 Å².